The second-order valence-electron chi connectivity index (χ2n) is 5.88. The normalized spacial score (nSPS) is 10.5. The zero-order valence-corrected chi connectivity index (χ0v) is 15.0. The standard InChI is InChI=1S/C19H17FN4O3/c1-11-16(23-17(25)13-7-6-10-24(3)18(13)26)12(2)22-19(21-11)27-15-9-5-4-8-14(15)20/h4-10H,1-3H3,(H,23,25). The molecule has 1 N–H and O–H groups in total. The third-order valence-electron chi connectivity index (χ3n) is 3.89. The second kappa shape index (κ2) is 7.36. The molecule has 138 valence electrons. The van der Waals surface area contributed by atoms with Gasteiger partial charge in [-0.2, -0.15) is 9.97 Å². The van der Waals surface area contributed by atoms with Gasteiger partial charge in [0.15, 0.2) is 11.6 Å². The minimum atomic E-state index is -0.561. The van der Waals surface area contributed by atoms with Crippen LogP contribution in [0.25, 0.3) is 0 Å². The fourth-order valence-electron chi connectivity index (χ4n) is 2.49. The minimum absolute atomic E-state index is 0.000804. The van der Waals surface area contributed by atoms with Crippen LogP contribution in [0, 0.1) is 19.7 Å². The summed E-state index contributed by atoms with van der Waals surface area (Å²) in [6.07, 6.45) is 1.56. The first-order valence-corrected chi connectivity index (χ1v) is 8.11. The van der Waals surface area contributed by atoms with Crippen molar-refractivity contribution in [2.75, 3.05) is 5.32 Å². The number of hydrogen-bond acceptors (Lipinski definition) is 5. The Kier molecular flexibility index (Phi) is 4.98. The van der Waals surface area contributed by atoms with Crippen molar-refractivity contribution in [3.63, 3.8) is 0 Å². The minimum Gasteiger partial charge on any atom is -0.421 e. The van der Waals surface area contributed by atoms with Crippen LogP contribution in [0.2, 0.25) is 0 Å². The number of amides is 1. The number of nitrogens with one attached hydrogen (secondary N) is 1. The Bertz CT molecular complexity index is 1060. The molecule has 0 spiro atoms. The summed E-state index contributed by atoms with van der Waals surface area (Å²) in [5, 5.41) is 2.66. The van der Waals surface area contributed by atoms with Crippen molar-refractivity contribution >= 4 is 11.6 Å². The molecule has 0 aliphatic carbocycles. The van der Waals surface area contributed by atoms with Gasteiger partial charge in [0.2, 0.25) is 0 Å². The monoisotopic (exact) mass is 368 g/mol. The zero-order valence-electron chi connectivity index (χ0n) is 15.0. The molecule has 0 fully saturated rings. The second-order valence-corrected chi connectivity index (χ2v) is 5.88. The molecule has 0 atom stereocenters. The van der Waals surface area contributed by atoms with Crippen molar-refractivity contribution in [1.29, 1.82) is 0 Å². The highest BCUT2D eigenvalue weighted by molar-refractivity contribution is 6.04. The molecule has 3 aromatic rings. The lowest BCUT2D eigenvalue weighted by atomic mass is 10.2. The summed E-state index contributed by atoms with van der Waals surface area (Å²) in [6, 6.07) is 8.92. The Morgan fingerprint density at radius 1 is 1.11 bits per heavy atom. The Morgan fingerprint density at radius 2 is 1.78 bits per heavy atom. The number of para-hydroxylation sites is 1. The van der Waals surface area contributed by atoms with Crippen LogP contribution in [-0.2, 0) is 7.05 Å². The zero-order chi connectivity index (χ0) is 19.6. The number of rotatable bonds is 4. The van der Waals surface area contributed by atoms with E-state index in [1.165, 1.54) is 22.8 Å². The fraction of sp³-hybridized carbons (Fsp3) is 0.158. The number of carbonyl (C=O) groups is 1. The number of aromatic nitrogens is 3. The van der Waals surface area contributed by atoms with Crippen LogP contribution >= 0.6 is 0 Å². The largest absolute Gasteiger partial charge is 0.421 e. The topological polar surface area (TPSA) is 86.1 Å². The molecule has 1 amide bonds. The average molecular weight is 368 g/mol. The summed E-state index contributed by atoms with van der Waals surface area (Å²) in [5.74, 6) is -1.09. The van der Waals surface area contributed by atoms with Gasteiger partial charge >= 0.3 is 6.01 Å². The third-order valence-corrected chi connectivity index (χ3v) is 3.89. The Balaban J connectivity index is 1.87. The molecule has 8 heteroatoms. The van der Waals surface area contributed by atoms with E-state index in [0.717, 1.165) is 0 Å². The van der Waals surface area contributed by atoms with Crippen molar-refractivity contribution in [1.82, 2.24) is 14.5 Å². The number of benzene rings is 1. The predicted molar refractivity (Wildman–Crippen MR) is 97.6 cm³/mol. The molecule has 3 rings (SSSR count). The van der Waals surface area contributed by atoms with E-state index >= 15 is 0 Å². The maximum absolute atomic E-state index is 13.7. The summed E-state index contributed by atoms with van der Waals surface area (Å²) in [5.41, 5.74) is 0.813. The summed E-state index contributed by atoms with van der Waals surface area (Å²) in [6.45, 7) is 3.31. The number of pyridine rings is 1. The van der Waals surface area contributed by atoms with E-state index in [4.69, 9.17) is 4.74 Å². The average Bonchev–Trinajstić information content (AvgIpc) is 2.62. The van der Waals surface area contributed by atoms with E-state index in [1.54, 1.807) is 45.3 Å². The van der Waals surface area contributed by atoms with Crippen LogP contribution in [0.1, 0.15) is 21.7 Å². The predicted octanol–water partition coefficient (Wildman–Crippen LogP) is 2.98. The van der Waals surface area contributed by atoms with Crippen molar-refractivity contribution in [3.05, 3.63) is 75.7 Å². The Morgan fingerprint density at radius 3 is 2.44 bits per heavy atom. The van der Waals surface area contributed by atoms with Crippen molar-refractivity contribution in [2.45, 2.75) is 13.8 Å². The molecule has 1 aromatic carbocycles. The maximum atomic E-state index is 13.7. The SMILES string of the molecule is Cc1nc(Oc2ccccc2F)nc(C)c1NC(=O)c1cccn(C)c1=O. The maximum Gasteiger partial charge on any atom is 0.322 e. The van der Waals surface area contributed by atoms with Crippen LogP contribution in [0.4, 0.5) is 10.1 Å². The van der Waals surface area contributed by atoms with Crippen LogP contribution in [0.15, 0.2) is 47.4 Å². The van der Waals surface area contributed by atoms with Gasteiger partial charge in [-0.05, 0) is 38.1 Å². The smallest absolute Gasteiger partial charge is 0.322 e. The van der Waals surface area contributed by atoms with Gasteiger partial charge in [0.25, 0.3) is 11.5 Å². The number of carbonyl (C=O) groups excluding carboxylic acids is 1. The lowest BCUT2D eigenvalue weighted by Gasteiger charge is -2.12. The molecule has 2 heterocycles. The molecule has 0 saturated carbocycles. The van der Waals surface area contributed by atoms with Gasteiger partial charge in [-0.1, -0.05) is 12.1 Å². The van der Waals surface area contributed by atoms with Gasteiger partial charge in [0.1, 0.15) is 5.56 Å². The van der Waals surface area contributed by atoms with Crippen LogP contribution in [0.3, 0.4) is 0 Å². The van der Waals surface area contributed by atoms with Crippen molar-refractivity contribution in [2.24, 2.45) is 7.05 Å². The highest BCUT2D eigenvalue weighted by Crippen LogP contribution is 2.25. The van der Waals surface area contributed by atoms with E-state index in [2.05, 4.69) is 15.3 Å². The number of hydrogen-bond donors (Lipinski definition) is 1. The molecule has 0 unspecified atom stereocenters. The van der Waals surface area contributed by atoms with Crippen LogP contribution in [-0.4, -0.2) is 20.4 Å². The first-order valence-electron chi connectivity index (χ1n) is 8.11. The molecule has 7 nitrogen and oxygen atoms in total. The summed E-state index contributed by atoms with van der Waals surface area (Å²) in [7, 11) is 1.56. The number of halogens is 1. The Hall–Kier alpha value is -3.55. The van der Waals surface area contributed by atoms with E-state index < -0.39 is 17.3 Å². The van der Waals surface area contributed by atoms with Gasteiger partial charge < -0.3 is 14.6 Å². The third kappa shape index (κ3) is 3.84. The van der Waals surface area contributed by atoms with E-state index in [-0.39, 0.29) is 17.3 Å². The van der Waals surface area contributed by atoms with Gasteiger partial charge in [-0.25, -0.2) is 4.39 Å². The van der Waals surface area contributed by atoms with Crippen molar-refractivity contribution in [3.8, 4) is 11.8 Å². The highest BCUT2D eigenvalue weighted by atomic mass is 19.1. The number of nitrogens with zero attached hydrogens (tertiary/aromatic N) is 3. The molecule has 27 heavy (non-hydrogen) atoms. The highest BCUT2D eigenvalue weighted by Gasteiger charge is 2.17. The molecule has 0 aliphatic rings. The molecular weight excluding hydrogens is 351 g/mol. The fourth-order valence-corrected chi connectivity index (χ4v) is 2.49. The van der Waals surface area contributed by atoms with Crippen LogP contribution in [0.5, 0.6) is 11.8 Å². The number of ether oxygens (including phenoxy) is 1. The number of anilines is 1. The van der Waals surface area contributed by atoms with E-state index in [9.17, 15) is 14.0 Å². The molecule has 0 bridgehead atoms. The lowest BCUT2D eigenvalue weighted by molar-refractivity contribution is 0.102. The molecule has 0 radical (unpaired) electrons. The first-order chi connectivity index (χ1) is 12.9. The molecular formula is C19H17FN4O3. The summed E-state index contributed by atoms with van der Waals surface area (Å²) >= 11 is 0. The van der Waals surface area contributed by atoms with Gasteiger partial charge in [0.05, 0.1) is 17.1 Å². The number of aryl methyl sites for hydroxylation is 3. The van der Waals surface area contributed by atoms with Crippen molar-refractivity contribution < 1.29 is 13.9 Å². The van der Waals surface area contributed by atoms with Crippen LogP contribution < -0.4 is 15.6 Å². The van der Waals surface area contributed by atoms with E-state index in [0.29, 0.717) is 17.1 Å². The summed E-state index contributed by atoms with van der Waals surface area (Å²) in [4.78, 5) is 32.8. The lowest BCUT2D eigenvalue weighted by Crippen LogP contribution is -2.27. The van der Waals surface area contributed by atoms with Gasteiger partial charge in [0, 0.05) is 13.2 Å². The Labute approximate surface area is 154 Å². The van der Waals surface area contributed by atoms with Gasteiger partial charge in [-0.3, -0.25) is 9.59 Å². The first kappa shape index (κ1) is 18.2. The molecule has 2 aromatic heterocycles. The van der Waals surface area contributed by atoms with Gasteiger partial charge in [-0.15, -0.1) is 0 Å². The molecule has 0 saturated heterocycles. The molecule has 0 aliphatic heterocycles. The quantitative estimate of drug-likeness (QED) is 0.765. The summed E-state index contributed by atoms with van der Waals surface area (Å²) < 4.78 is 20.4. The van der Waals surface area contributed by atoms with E-state index in [1.807, 2.05) is 0 Å².